The number of amides is 1. The molecule has 1 rings (SSSR count). The monoisotopic (exact) mass is 303 g/mol. The maximum atomic E-state index is 12.4. The van der Waals surface area contributed by atoms with Gasteiger partial charge in [0, 0.05) is 32.7 Å². The van der Waals surface area contributed by atoms with Crippen LogP contribution < -0.4 is 5.32 Å². The fourth-order valence-electron chi connectivity index (χ4n) is 2.40. The van der Waals surface area contributed by atoms with E-state index in [0.717, 1.165) is 6.42 Å². The number of nitrogens with one attached hydrogen (secondary N) is 1. The molecule has 0 saturated carbocycles. The van der Waals surface area contributed by atoms with Crippen LogP contribution in [-0.2, 0) is 15.0 Å². The minimum atomic E-state index is -3.44. The van der Waals surface area contributed by atoms with Gasteiger partial charge in [-0.1, -0.05) is 19.9 Å². The molecule has 1 heterocycles. The number of carbonyl (C=O) groups is 1. The third-order valence-electron chi connectivity index (χ3n) is 3.53. The van der Waals surface area contributed by atoms with Gasteiger partial charge < -0.3 is 5.32 Å². The van der Waals surface area contributed by atoms with Crippen LogP contribution in [0.1, 0.15) is 26.7 Å². The zero-order chi connectivity index (χ0) is 15.2. The predicted octanol–water partition coefficient (Wildman–Crippen LogP) is 0.587. The van der Waals surface area contributed by atoms with Crippen LogP contribution in [0, 0.1) is 5.92 Å². The summed E-state index contributed by atoms with van der Waals surface area (Å²) >= 11 is 0. The molecule has 0 aromatic heterocycles. The van der Waals surface area contributed by atoms with Crippen molar-refractivity contribution in [3.8, 4) is 0 Å². The van der Waals surface area contributed by atoms with E-state index in [9.17, 15) is 13.2 Å². The van der Waals surface area contributed by atoms with Crippen molar-refractivity contribution >= 4 is 16.1 Å². The summed E-state index contributed by atoms with van der Waals surface area (Å²) < 4.78 is 27.7. The highest BCUT2D eigenvalue weighted by molar-refractivity contribution is 7.86. The number of hydrogen-bond acceptors (Lipinski definition) is 3. The molecule has 0 spiro atoms. The van der Waals surface area contributed by atoms with Gasteiger partial charge in [-0.25, -0.2) is 0 Å². The topological polar surface area (TPSA) is 69.7 Å². The van der Waals surface area contributed by atoms with Crippen molar-refractivity contribution in [3.05, 3.63) is 12.7 Å². The highest BCUT2D eigenvalue weighted by Crippen LogP contribution is 2.21. The van der Waals surface area contributed by atoms with Gasteiger partial charge in [-0.15, -0.1) is 6.58 Å². The summed E-state index contributed by atoms with van der Waals surface area (Å²) in [6.07, 6.45) is 3.06. The summed E-state index contributed by atoms with van der Waals surface area (Å²) in [4.78, 5) is 11.9. The van der Waals surface area contributed by atoms with E-state index in [2.05, 4.69) is 11.9 Å². The molecule has 1 fully saturated rings. The lowest BCUT2D eigenvalue weighted by Crippen LogP contribution is -2.50. The van der Waals surface area contributed by atoms with Gasteiger partial charge in [0.1, 0.15) is 0 Å². The Labute approximate surface area is 122 Å². The normalized spacial score (nSPS) is 20.9. The van der Waals surface area contributed by atoms with Gasteiger partial charge in [0.05, 0.1) is 5.92 Å². The van der Waals surface area contributed by atoms with E-state index in [1.165, 1.54) is 8.61 Å². The quantitative estimate of drug-likeness (QED) is 0.700. The largest absolute Gasteiger partial charge is 0.352 e. The summed E-state index contributed by atoms with van der Waals surface area (Å²) in [6.45, 7) is 9.25. The maximum Gasteiger partial charge on any atom is 0.281 e. The van der Waals surface area contributed by atoms with Gasteiger partial charge in [-0.2, -0.15) is 17.0 Å². The van der Waals surface area contributed by atoms with Gasteiger partial charge >= 0.3 is 0 Å². The summed E-state index contributed by atoms with van der Waals surface area (Å²) in [5, 5.41) is 2.74. The number of hydrogen-bond donors (Lipinski definition) is 1. The first kappa shape index (κ1) is 17.1. The van der Waals surface area contributed by atoms with Crippen molar-refractivity contribution in [3.63, 3.8) is 0 Å². The summed E-state index contributed by atoms with van der Waals surface area (Å²) in [5.74, 6) is -0.363. The third-order valence-corrected chi connectivity index (χ3v) is 5.69. The predicted molar refractivity (Wildman–Crippen MR) is 79.3 cm³/mol. The number of rotatable bonds is 7. The van der Waals surface area contributed by atoms with Crippen molar-refractivity contribution in [1.29, 1.82) is 0 Å². The fourth-order valence-corrected chi connectivity index (χ4v) is 4.10. The fraction of sp³-hybridized carbons (Fsp3) is 0.769. The standard InChI is InChI=1S/C13H25N3O3S/c1-4-9-14-13(17)12-8-7-10-16(11-12)20(18,19)15(5-2)6-3/h4,12H,1,5-11H2,2-3H3,(H,14,17). The smallest absolute Gasteiger partial charge is 0.281 e. The summed E-state index contributed by atoms with van der Waals surface area (Å²) in [5.41, 5.74) is 0. The zero-order valence-corrected chi connectivity index (χ0v) is 13.2. The van der Waals surface area contributed by atoms with Crippen molar-refractivity contribution < 1.29 is 13.2 Å². The van der Waals surface area contributed by atoms with E-state index in [-0.39, 0.29) is 18.4 Å². The molecular weight excluding hydrogens is 278 g/mol. The molecule has 1 N–H and O–H groups in total. The second-order valence-electron chi connectivity index (χ2n) is 4.82. The molecule has 7 heteroatoms. The lowest BCUT2D eigenvalue weighted by Gasteiger charge is -2.34. The van der Waals surface area contributed by atoms with Crippen molar-refractivity contribution in [2.24, 2.45) is 5.92 Å². The van der Waals surface area contributed by atoms with Crippen LogP contribution in [-0.4, -0.2) is 55.7 Å². The van der Waals surface area contributed by atoms with E-state index in [1.54, 1.807) is 6.08 Å². The molecule has 6 nitrogen and oxygen atoms in total. The van der Waals surface area contributed by atoms with Crippen LogP contribution in [0.2, 0.25) is 0 Å². The minimum absolute atomic E-state index is 0.0932. The molecule has 0 aliphatic carbocycles. The Balaban J connectivity index is 2.73. The third kappa shape index (κ3) is 4.04. The highest BCUT2D eigenvalue weighted by atomic mass is 32.2. The number of nitrogens with zero attached hydrogens (tertiary/aromatic N) is 2. The Morgan fingerprint density at radius 3 is 2.65 bits per heavy atom. The second-order valence-corrected chi connectivity index (χ2v) is 6.75. The Kier molecular flexibility index (Phi) is 6.64. The van der Waals surface area contributed by atoms with E-state index in [0.29, 0.717) is 32.6 Å². The van der Waals surface area contributed by atoms with Crippen molar-refractivity contribution in [2.45, 2.75) is 26.7 Å². The Morgan fingerprint density at radius 1 is 1.45 bits per heavy atom. The van der Waals surface area contributed by atoms with Crippen molar-refractivity contribution in [2.75, 3.05) is 32.7 Å². The van der Waals surface area contributed by atoms with E-state index >= 15 is 0 Å². The van der Waals surface area contributed by atoms with E-state index in [4.69, 9.17) is 0 Å². The number of carbonyl (C=O) groups excluding carboxylic acids is 1. The van der Waals surface area contributed by atoms with Gasteiger partial charge in [0.2, 0.25) is 5.91 Å². The molecule has 0 aromatic carbocycles. The molecule has 116 valence electrons. The lowest BCUT2D eigenvalue weighted by molar-refractivity contribution is -0.125. The number of piperidine rings is 1. The van der Waals surface area contributed by atoms with Crippen molar-refractivity contribution in [1.82, 2.24) is 13.9 Å². The zero-order valence-electron chi connectivity index (χ0n) is 12.3. The van der Waals surface area contributed by atoms with E-state index < -0.39 is 10.2 Å². The first-order valence-corrected chi connectivity index (χ1v) is 8.50. The van der Waals surface area contributed by atoms with Crippen LogP contribution >= 0.6 is 0 Å². The minimum Gasteiger partial charge on any atom is -0.352 e. The average Bonchev–Trinajstić information content (AvgIpc) is 2.46. The summed E-state index contributed by atoms with van der Waals surface area (Å²) in [7, 11) is -3.44. The Bertz CT molecular complexity index is 432. The molecule has 20 heavy (non-hydrogen) atoms. The van der Waals surface area contributed by atoms with Gasteiger partial charge in [-0.05, 0) is 12.8 Å². The maximum absolute atomic E-state index is 12.4. The van der Waals surface area contributed by atoms with Crippen LogP contribution in [0.25, 0.3) is 0 Å². The molecule has 1 atom stereocenters. The van der Waals surface area contributed by atoms with E-state index in [1.807, 2.05) is 13.8 Å². The molecule has 0 radical (unpaired) electrons. The molecule has 1 aliphatic rings. The molecule has 1 unspecified atom stereocenters. The molecule has 1 aliphatic heterocycles. The second kappa shape index (κ2) is 7.75. The molecule has 0 bridgehead atoms. The first-order valence-electron chi connectivity index (χ1n) is 7.11. The van der Waals surface area contributed by atoms with Gasteiger partial charge in [0.15, 0.2) is 0 Å². The summed E-state index contributed by atoms with van der Waals surface area (Å²) in [6, 6.07) is 0. The van der Waals surface area contributed by atoms with Gasteiger partial charge in [0.25, 0.3) is 10.2 Å². The molecule has 1 amide bonds. The Hall–Kier alpha value is -0.920. The van der Waals surface area contributed by atoms with Crippen LogP contribution in [0.3, 0.4) is 0 Å². The average molecular weight is 303 g/mol. The molecule has 0 aromatic rings. The Morgan fingerprint density at radius 2 is 2.10 bits per heavy atom. The first-order chi connectivity index (χ1) is 9.47. The SMILES string of the molecule is C=CCNC(=O)C1CCCN(S(=O)(=O)N(CC)CC)C1. The molecule has 1 saturated heterocycles. The van der Waals surface area contributed by atoms with Crippen LogP contribution in [0.15, 0.2) is 12.7 Å². The van der Waals surface area contributed by atoms with Crippen LogP contribution in [0.4, 0.5) is 0 Å². The molecular formula is C13H25N3O3S. The van der Waals surface area contributed by atoms with Gasteiger partial charge in [-0.3, -0.25) is 4.79 Å². The highest BCUT2D eigenvalue weighted by Gasteiger charge is 2.34. The lowest BCUT2D eigenvalue weighted by atomic mass is 9.99. The van der Waals surface area contributed by atoms with Crippen LogP contribution in [0.5, 0.6) is 0 Å².